The molecule has 5 nitrogen and oxygen atoms in total. The van der Waals surface area contributed by atoms with E-state index in [9.17, 15) is 8.42 Å². The molecule has 1 aromatic heterocycles. The number of aryl methyl sites for hydroxylation is 1. The van der Waals surface area contributed by atoms with Crippen LogP contribution in [-0.4, -0.2) is 41.3 Å². The van der Waals surface area contributed by atoms with Gasteiger partial charge in [0.1, 0.15) is 12.0 Å². The predicted molar refractivity (Wildman–Crippen MR) is 85.2 cm³/mol. The first kappa shape index (κ1) is 14.3. The van der Waals surface area contributed by atoms with Crippen LogP contribution in [0.5, 0.6) is 0 Å². The van der Waals surface area contributed by atoms with E-state index in [1.54, 1.807) is 41.8 Å². The highest BCUT2D eigenvalue weighted by Crippen LogP contribution is 2.40. The Balaban J connectivity index is 1.62. The number of fused-ring (bicyclic) bond motifs is 2. The average Bonchev–Trinajstić information content (AvgIpc) is 3.23. The first-order valence-electron chi connectivity index (χ1n) is 7.20. The van der Waals surface area contributed by atoms with Crippen molar-refractivity contribution in [2.24, 2.45) is 0 Å². The molecule has 7 heteroatoms. The third-order valence-corrected chi connectivity index (χ3v) is 7.55. The van der Waals surface area contributed by atoms with Crippen molar-refractivity contribution >= 4 is 21.8 Å². The number of rotatable bonds is 3. The summed E-state index contributed by atoms with van der Waals surface area (Å²) in [6.07, 6.45) is 2.57. The number of sulfonamides is 1. The summed E-state index contributed by atoms with van der Waals surface area (Å²) in [6, 6.07) is 7.06. The van der Waals surface area contributed by atoms with Gasteiger partial charge in [0.15, 0.2) is 5.89 Å². The lowest BCUT2D eigenvalue weighted by molar-refractivity contribution is 0.410. The molecule has 2 fully saturated rings. The Bertz CT molecular complexity index is 798. The van der Waals surface area contributed by atoms with Crippen LogP contribution in [-0.2, 0) is 10.0 Å². The van der Waals surface area contributed by atoms with Crippen molar-refractivity contribution in [3.8, 4) is 11.3 Å². The molecule has 0 spiro atoms. The molecule has 2 bridgehead atoms. The van der Waals surface area contributed by atoms with Crippen molar-refractivity contribution in [3.05, 3.63) is 36.4 Å². The van der Waals surface area contributed by atoms with Gasteiger partial charge in [-0.1, -0.05) is 12.1 Å². The van der Waals surface area contributed by atoms with Crippen LogP contribution in [0, 0.1) is 6.92 Å². The van der Waals surface area contributed by atoms with Crippen molar-refractivity contribution in [2.45, 2.75) is 29.5 Å². The minimum atomic E-state index is -3.39. The fourth-order valence-corrected chi connectivity index (χ4v) is 6.39. The Labute approximate surface area is 133 Å². The van der Waals surface area contributed by atoms with E-state index in [-0.39, 0.29) is 6.04 Å². The van der Waals surface area contributed by atoms with Gasteiger partial charge >= 0.3 is 0 Å². The number of hydrogen-bond donors (Lipinski definition) is 0. The van der Waals surface area contributed by atoms with Gasteiger partial charge in [0.25, 0.3) is 0 Å². The van der Waals surface area contributed by atoms with Crippen LogP contribution >= 0.6 is 11.8 Å². The molecule has 0 amide bonds. The Morgan fingerprint density at radius 2 is 2.09 bits per heavy atom. The van der Waals surface area contributed by atoms with Gasteiger partial charge in [-0.25, -0.2) is 13.4 Å². The predicted octanol–water partition coefficient (Wildman–Crippen LogP) is 2.53. The van der Waals surface area contributed by atoms with Crippen molar-refractivity contribution in [2.75, 3.05) is 12.3 Å². The summed E-state index contributed by atoms with van der Waals surface area (Å²) in [4.78, 5) is 4.61. The summed E-state index contributed by atoms with van der Waals surface area (Å²) < 4.78 is 32.4. The zero-order valence-electron chi connectivity index (χ0n) is 12.1. The standard InChI is InChI=1S/C15H16N2O3S2/c1-10-16-15(8-20-10)11-2-4-14(5-3-11)22(18,19)17-7-13-6-12(17)9-21-13/h2-5,8,12-13H,6-7,9H2,1H3/t12-,13+/m0/s1. The van der Waals surface area contributed by atoms with Crippen molar-refractivity contribution < 1.29 is 12.8 Å². The third-order valence-electron chi connectivity index (χ3n) is 4.23. The molecular formula is C15H16N2O3S2. The summed E-state index contributed by atoms with van der Waals surface area (Å²) in [7, 11) is -3.39. The first-order valence-corrected chi connectivity index (χ1v) is 9.69. The van der Waals surface area contributed by atoms with E-state index in [1.165, 1.54) is 0 Å². The van der Waals surface area contributed by atoms with Crippen LogP contribution in [0.4, 0.5) is 0 Å². The van der Waals surface area contributed by atoms with Crippen LogP contribution in [0.15, 0.2) is 39.8 Å². The molecule has 2 saturated heterocycles. The molecule has 2 aromatic rings. The Morgan fingerprint density at radius 3 is 2.64 bits per heavy atom. The van der Waals surface area contributed by atoms with Crippen LogP contribution in [0.1, 0.15) is 12.3 Å². The second kappa shape index (κ2) is 5.11. The number of oxazole rings is 1. The fraction of sp³-hybridized carbons (Fsp3) is 0.400. The Hall–Kier alpha value is -1.31. The van der Waals surface area contributed by atoms with E-state index in [1.807, 2.05) is 11.8 Å². The number of thioether (sulfide) groups is 1. The summed E-state index contributed by atoms with van der Waals surface area (Å²) in [5, 5.41) is 0.470. The lowest BCUT2D eigenvalue weighted by Crippen LogP contribution is -2.39. The molecular weight excluding hydrogens is 320 g/mol. The van der Waals surface area contributed by atoms with Crippen molar-refractivity contribution in [3.63, 3.8) is 0 Å². The van der Waals surface area contributed by atoms with Gasteiger partial charge < -0.3 is 4.42 Å². The minimum Gasteiger partial charge on any atom is -0.449 e. The maximum absolute atomic E-state index is 12.8. The quantitative estimate of drug-likeness (QED) is 0.862. The average molecular weight is 336 g/mol. The molecule has 0 aliphatic carbocycles. The molecule has 2 atom stereocenters. The minimum absolute atomic E-state index is 0.165. The number of hydrogen-bond acceptors (Lipinski definition) is 5. The topological polar surface area (TPSA) is 63.4 Å². The molecule has 22 heavy (non-hydrogen) atoms. The highest BCUT2D eigenvalue weighted by molar-refractivity contribution is 8.00. The molecule has 1 aromatic carbocycles. The zero-order valence-corrected chi connectivity index (χ0v) is 13.7. The number of nitrogens with zero attached hydrogens (tertiary/aromatic N) is 2. The van der Waals surface area contributed by atoms with Crippen LogP contribution in [0.25, 0.3) is 11.3 Å². The highest BCUT2D eigenvalue weighted by Gasteiger charge is 2.44. The number of aromatic nitrogens is 1. The second-order valence-corrected chi connectivity index (χ2v) is 8.92. The molecule has 116 valence electrons. The van der Waals surface area contributed by atoms with E-state index in [0.717, 1.165) is 23.4 Å². The third kappa shape index (κ3) is 2.28. The maximum Gasteiger partial charge on any atom is 0.243 e. The highest BCUT2D eigenvalue weighted by atomic mass is 32.2. The normalized spacial score (nSPS) is 25.0. The van der Waals surface area contributed by atoms with E-state index >= 15 is 0 Å². The van der Waals surface area contributed by atoms with Gasteiger partial charge in [0.05, 0.1) is 4.90 Å². The molecule has 0 unspecified atom stereocenters. The van der Waals surface area contributed by atoms with E-state index in [0.29, 0.717) is 22.6 Å². The molecule has 3 heterocycles. The van der Waals surface area contributed by atoms with Gasteiger partial charge in [-0.2, -0.15) is 16.1 Å². The summed E-state index contributed by atoms with van der Waals surface area (Å²) in [5.74, 6) is 1.51. The lowest BCUT2D eigenvalue weighted by Gasteiger charge is -2.25. The first-order chi connectivity index (χ1) is 10.5. The number of benzene rings is 1. The maximum atomic E-state index is 12.8. The monoisotopic (exact) mass is 336 g/mol. The fourth-order valence-electron chi connectivity index (χ4n) is 3.09. The van der Waals surface area contributed by atoms with E-state index < -0.39 is 10.0 Å². The Morgan fingerprint density at radius 1 is 1.32 bits per heavy atom. The smallest absolute Gasteiger partial charge is 0.243 e. The summed E-state index contributed by atoms with van der Waals surface area (Å²) in [6.45, 7) is 2.42. The van der Waals surface area contributed by atoms with Gasteiger partial charge in [0.2, 0.25) is 10.0 Å². The lowest BCUT2D eigenvalue weighted by atomic mass is 10.2. The van der Waals surface area contributed by atoms with Gasteiger partial charge in [-0.15, -0.1) is 0 Å². The second-order valence-electron chi connectivity index (χ2n) is 5.70. The largest absolute Gasteiger partial charge is 0.449 e. The van der Waals surface area contributed by atoms with Gasteiger partial charge in [0, 0.05) is 36.1 Å². The molecule has 0 radical (unpaired) electrons. The molecule has 0 N–H and O–H groups in total. The van der Waals surface area contributed by atoms with Crippen molar-refractivity contribution in [1.29, 1.82) is 0 Å². The van der Waals surface area contributed by atoms with E-state index in [4.69, 9.17) is 4.42 Å². The summed E-state index contributed by atoms with van der Waals surface area (Å²) >= 11 is 1.88. The van der Waals surface area contributed by atoms with Crippen LogP contribution < -0.4 is 0 Å². The molecule has 0 saturated carbocycles. The van der Waals surface area contributed by atoms with Gasteiger partial charge in [-0.05, 0) is 18.6 Å². The molecule has 2 aliphatic heterocycles. The SMILES string of the molecule is Cc1nc(-c2ccc(S(=O)(=O)N3C[C@H]4C[C@H]3CS4)cc2)co1. The summed E-state index contributed by atoms with van der Waals surface area (Å²) in [5.41, 5.74) is 1.58. The van der Waals surface area contributed by atoms with Crippen molar-refractivity contribution in [1.82, 2.24) is 9.29 Å². The Kier molecular flexibility index (Phi) is 3.32. The molecule has 4 rings (SSSR count). The molecule has 2 aliphatic rings. The van der Waals surface area contributed by atoms with Crippen LogP contribution in [0.2, 0.25) is 0 Å². The zero-order chi connectivity index (χ0) is 15.3. The van der Waals surface area contributed by atoms with Gasteiger partial charge in [-0.3, -0.25) is 0 Å². The van der Waals surface area contributed by atoms with Crippen LogP contribution in [0.3, 0.4) is 0 Å². The van der Waals surface area contributed by atoms with E-state index in [2.05, 4.69) is 4.98 Å².